The molecule has 8 heteroatoms. The van der Waals surface area contributed by atoms with Crippen LogP contribution in [-0.4, -0.2) is 33.4 Å². The molecule has 0 saturated carbocycles. The number of halogens is 2. The lowest BCUT2D eigenvalue weighted by molar-refractivity contribution is 0.0894. The van der Waals surface area contributed by atoms with Crippen molar-refractivity contribution in [3.05, 3.63) is 81.4 Å². The highest BCUT2D eigenvalue weighted by Gasteiger charge is 2.21. The minimum atomic E-state index is -0.698. The van der Waals surface area contributed by atoms with Gasteiger partial charge in [-0.3, -0.25) is 9.59 Å². The van der Waals surface area contributed by atoms with Crippen molar-refractivity contribution in [3.63, 3.8) is 0 Å². The molecule has 6 nitrogen and oxygen atoms in total. The minimum absolute atomic E-state index is 0.0398. The van der Waals surface area contributed by atoms with Crippen molar-refractivity contribution in [1.29, 1.82) is 0 Å². The summed E-state index contributed by atoms with van der Waals surface area (Å²) >= 11 is 5.95. The highest BCUT2D eigenvalue weighted by molar-refractivity contribution is 6.30. The number of rotatable bonds is 6. The molecule has 1 aromatic heterocycles. The van der Waals surface area contributed by atoms with Crippen LogP contribution < -0.4 is 10.9 Å². The van der Waals surface area contributed by atoms with E-state index in [2.05, 4.69) is 10.4 Å². The number of nitrogens with one attached hydrogen (secondary N) is 1. The summed E-state index contributed by atoms with van der Waals surface area (Å²) in [7, 11) is 0. The third-order valence-corrected chi connectivity index (χ3v) is 4.92. The van der Waals surface area contributed by atoms with Crippen LogP contribution in [0.4, 0.5) is 4.39 Å². The van der Waals surface area contributed by atoms with Crippen molar-refractivity contribution in [2.24, 2.45) is 5.92 Å². The molecule has 1 unspecified atom stereocenters. The first-order chi connectivity index (χ1) is 14.3. The largest absolute Gasteiger partial charge is 0.394 e. The first-order valence-electron chi connectivity index (χ1n) is 9.38. The molecule has 0 fully saturated rings. The molecule has 0 aliphatic heterocycles. The lowest BCUT2D eigenvalue weighted by Crippen LogP contribution is -2.43. The zero-order valence-corrected chi connectivity index (χ0v) is 17.2. The Kier molecular flexibility index (Phi) is 6.64. The number of amides is 1. The third kappa shape index (κ3) is 4.75. The predicted octanol–water partition coefficient (Wildman–Crippen LogP) is 3.44. The Morgan fingerprint density at radius 2 is 1.90 bits per heavy atom. The Bertz CT molecular complexity index is 1110. The fourth-order valence-corrected chi connectivity index (χ4v) is 3.00. The normalized spacial score (nSPS) is 12.1. The van der Waals surface area contributed by atoms with Gasteiger partial charge >= 0.3 is 0 Å². The predicted molar refractivity (Wildman–Crippen MR) is 113 cm³/mol. The molecule has 3 aromatic rings. The van der Waals surface area contributed by atoms with Crippen molar-refractivity contribution in [2.45, 2.75) is 19.9 Å². The standard InChI is InChI=1S/C22H21ClFN3O3/c1-13(2)20(12-28)25-21(29)18-11-19(14-6-8-15(23)9-7-14)26-27(22(18)30)17-5-3-4-16(24)10-17/h3-11,13,20,28H,12H2,1-2H3,(H,25,29). The van der Waals surface area contributed by atoms with Crippen LogP contribution in [0.2, 0.25) is 5.02 Å². The summed E-state index contributed by atoms with van der Waals surface area (Å²) < 4.78 is 14.7. The molecular weight excluding hydrogens is 409 g/mol. The number of aliphatic hydroxyl groups excluding tert-OH is 1. The topological polar surface area (TPSA) is 84.2 Å². The molecule has 30 heavy (non-hydrogen) atoms. The van der Waals surface area contributed by atoms with Gasteiger partial charge in [-0.1, -0.05) is 43.6 Å². The number of hydrogen-bond acceptors (Lipinski definition) is 4. The van der Waals surface area contributed by atoms with E-state index < -0.39 is 23.3 Å². The molecular formula is C22H21ClFN3O3. The van der Waals surface area contributed by atoms with Gasteiger partial charge in [-0.2, -0.15) is 9.78 Å². The summed E-state index contributed by atoms with van der Waals surface area (Å²) in [6, 6.07) is 13.0. The van der Waals surface area contributed by atoms with Crippen molar-refractivity contribution in [1.82, 2.24) is 15.1 Å². The maximum atomic E-state index is 13.8. The number of carbonyl (C=O) groups is 1. The van der Waals surface area contributed by atoms with Gasteiger partial charge < -0.3 is 10.4 Å². The summed E-state index contributed by atoms with van der Waals surface area (Å²) in [6.45, 7) is 3.42. The summed E-state index contributed by atoms with van der Waals surface area (Å²) in [6.07, 6.45) is 0. The molecule has 0 saturated heterocycles. The van der Waals surface area contributed by atoms with E-state index in [4.69, 9.17) is 11.6 Å². The number of nitrogens with zero attached hydrogens (tertiary/aromatic N) is 2. The lowest BCUT2D eigenvalue weighted by atomic mass is 10.0. The third-order valence-electron chi connectivity index (χ3n) is 4.67. The van der Waals surface area contributed by atoms with E-state index in [1.54, 1.807) is 24.3 Å². The Morgan fingerprint density at radius 3 is 2.50 bits per heavy atom. The Balaban J connectivity index is 2.16. The lowest BCUT2D eigenvalue weighted by Gasteiger charge is -2.20. The van der Waals surface area contributed by atoms with Crippen LogP contribution in [0.3, 0.4) is 0 Å². The zero-order chi connectivity index (χ0) is 21.8. The van der Waals surface area contributed by atoms with Crippen LogP contribution in [0, 0.1) is 11.7 Å². The second-order valence-corrected chi connectivity index (χ2v) is 7.59. The molecule has 1 atom stereocenters. The Labute approximate surface area is 177 Å². The van der Waals surface area contributed by atoms with Crippen LogP contribution in [0.5, 0.6) is 0 Å². The Hall–Kier alpha value is -3.03. The van der Waals surface area contributed by atoms with Crippen LogP contribution in [0.1, 0.15) is 24.2 Å². The van der Waals surface area contributed by atoms with Crippen LogP contribution in [0.25, 0.3) is 16.9 Å². The maximum absolute atomic E-state index is 13.8. The van der Waals surface area contributed by atoms with E-state index in [-0.39, 0.29) is 23.8 Å². The van der Waals surface area contributed by atoms with Gasteiger partial charge in [0.2, 0.25) is 0 Å². The highest BCUT2D eigenvalue weighted by atomic mass is 35.5. The van der Waals surface area contributed by atoms with Crippen LogP contribution in [0.15, 0.2) is 59.4 Å². The van der Waals surface area contributed by atoms with Gasteiger partial charge in [0.15, 0.2) is 0 Å². The highest BCUT2D eigenvalue weighted by Crippen LogP contribution is 2.20. The summed E-state index contributed by atoms with van der Waals surface area (Å²) in [4.78, 5) is 25.9. The average Bonchev–Trinajstić information content (AvgIpc) is 2.72. The molecule has 1 amide bonds. The first kappa shape index (κ1) is 21.7. The molecule has 3 rings (SSSR count). The van der Waals surface area contributed by atoms with Gasteiger partial charge in [-0.15, -0.1) is 0 Å². The second kappa shape index (κ2) is 9.19. The molecule has 0 radical (unpaired) electrons. The average molecular weight is 430 g/mol. The fraction of sp³-hybridized carbons (Fsp3) is 0.227. The second-order valence-electron chi connectivity index (χ2n) is 7.15. The molecule has 2 N–H and O–H groups in total. The van der Waals surface area contributed by atoms with Gasteiger partial charge in [-0.25, -0.2) is 4.39 Å². The van der Waals surface area contributed by atoms with E-state index in [0.717, 1.165) is 10.7 Å². The number of hydrogen-bond donors (Lipinski definition) is 2. The van der Waals surface area contributed by atoms with Gasteiger partial charge in [-0.05, 0) is 42.3 Å². The Morgan fingerprint density at radius 1 is 1.20 bits per heavy atom. The number of aromatic nitrogens is 2. The van der Waals surface area contributed by atoms with Gasteiger partial charge in [0.25, 0.3) is 11.5 Å². The number of aliphatic hydroxyl groups is 1. The molecule has 0 bridgehead atoms. The molecule has 156 valence electrons. The zero-order valence-electron chi connectivity index (χ0n) is 16.5. The van der Waals surface area contributed by atoms with Gasteiger partial charge in [0, 0.05) is 10.6 Å². The van der Waals surface area contributed by atoms with E-state index in [1.807, 2.05) is 13.8 Å². The maximum Gasteiger partial charge on any atom is 0.284 e. The molecule has 2 aromatic carbocycles. The van der Waals surface area contributed by atoms with Crippen molar-refractivity contribution in [2.75, 3.05) is 6.61 Å². The van der Waals surface area contributed by atoms with E-state index in [9.17, 15) is 19.1 Å². The summed E-state index contributed by atoms with van der Waals surface area (Å²) in [5, 5.41) is 17.0. The van der Waals surface area contributed by atoms with Crippen LogP contribution >= 0.6 is 11.6 Å². The molecule has 0 aliphatic rings. The minimum Gasteiger partial charge on any atom is -0.394 e. The molecule has 0 aliphatic carbocycles. The quantitative estimate of drug-likeness (QED) is 0.628. The fourth-order valence-electron chi connectivity index (χ4n) is 2.87. The van der Waals surface area contributed by atoms with Crippen LogP contribution in [-0.2, 0) is 0 Å². The summed E-state index contributed by atoms with van der Waals surface area (Å²) in [5.74, 6) is -1.22. The number of carbonyl (C=O) groups excluding carboxylic acids is 1. The number of benzene rings is 2. The van der Waals surface area contributed by atoms with Gasteiger partial charge in [0.1, 0.15) is 11.4 Å². The first-order valence-corrected chi connectivity index (χ1v) is 9.76. The smallest absolute Gasteiger partial charge is 0.284 e. The van der Waals surface area contributed by atoms with E-state index in [1.165, 1.54) is 24.3 Å². The van der Waals surface area contributed by atoms with Crippen molar-refractivity contribution >= 4 is 17.5 Å². The van der Waals surface area contributed by atoms with Crippen molar-refractivity contribution in [3.8, 4) is 16.9 Å². The van der Waals surface area contributed by atoms with E-state index in [0.29, 0.717) is 16.3 Å². The molecule has 0 spiro atoms. The SMILES string of the molecule is CC(C)C(CO)NC(=O)c1cc(-c2ccc(Cl)cc2)nn(-c2cccc(F)c2)c1=O. The van der Waals surface area contributed by atoms with Gasteiger partial charge in [0.05, 0.1) is 24.0 Å². The van der Waals surface area contributed by atoms with E-state index >= 15 is 0 Å². The van der Waals surface area contributed by atoms with Crippen molar-refractivity contribution < 1.29 is 14.3 Å². The monoisotopic (exact) mass is 429 g/mol. The molecule has 1 heterocycles. The summed E-state index contributed by atoms with van der Waals surface area (Å²) in [5.41, 5.74) is 0.286.